The average molecular weight is 841 g/mol. The Hall–Kier alpha value is -4.71. The number of aromatic nitrogens is 4. The molecule has 296 valence electrons. The maximum atomic E-state index is 14.3. The molecule has 0 atom stereocenters. The van der Waals surface area contributed by atoms with Gasteiger partial charge in [-0.3, -0.25) is 19.1 Å². The van der Waals surface area contributed by atoms with Crippen LogP contribution in [0.4, 0.5) is 10.1 Å². The third-order valence-corrected chi connectivity index (χ3v) is 10.5. The Kier molecular flexibility index (Phi) is 15.6. The first-order chi connectivity index (χ1) is 25.5. The van der Waals surface area contributed by atoms with E-state index < -0.39 is 40.6 Å². The fraction of sp³-hybridized carbons (Fsp3) is 0.361. The molecule has 0 saturated heterocycles. The number of nitrogens with zero attached hydrogens (tertiary/aromatic N) is 5. The van der Waals surface area contributed by atoms with Crippen molar-refractivity contribution in [3.05, 3.63) is 111 Å². The van der Waals surface area contributed by atoms with Crippen molar-refractivity contribution < 1.29 is 33.0 Å². The number of benzene rings is 2. The van der Waals surface area contributed by atoms with Gasteiger partial charge in [0.15, 0.2) is 0 Å². The molecule has 0 spiro atoms. The minimum atomic E-state index is -1.59. The topological polar surface area (TPSA) is 162 Å². The first-order valence-electron chi connectivity index (χ1n) is 16.1. The molecule has 5 rings (SSSR count). The van der Waals surface area contributed by atoms with Crippen LogP contribution in [0.3, 0.4) is 0 Å². The van der Waals surface area contributed by atoms with Crippen LogP contribution in [-0.2, 0) is 43.9 Å². The Morgan fingerprint density at radius 1 is 1.05 bits per heavy atom. The number of thioether (sulfide) groups is 1. The van der Waals surface area contributed by atoms with E-state index in [9.17, 15) is 33.2 Å². The van der Waals surface area contributed by atoms with Crippen molar-refractivity contribution in [2.75, 3.05) is 19.5 Å². The number of esters is 3. The van der Waals surface area contributed by atoms with E-state index in [1.165, 1.54) is 69.0 Å². The van der Waals surface area contributed by atoms with E-state index in [4.69, 9.17) is 32.7 Å². The molecule has 1 aliphatic heterocycles. The summed E-state index contributed by atoms with van der Waals surface area (Å²) in [5.74, 6) is -2.59. The quantitative estimate of drug-likeness (QED) is 0.0852. The van der Waals surface area contributed by atoms with Crippen LogP contribution in [0.1, 0.15) is 50.2 Å². The van der Waals surface area contributed by atoms with E-state index in [0.29, 0.717) is 28.5 Å². The van der Waals surface area contributed by atoms with Crippen molar-refractivity contribution in [2.24, 2.45) is 12.0 Å². The van der Waals surface area contributed by atoms with Gasteiger partial charge in [-0.05, 0) is 75.3 Å². The first-order valence-corrected chi connectivity index (χ1v) is 18.7. The molecule has 3 heterocycles. The molecule has 0 aliphatic carbocycles. The summed E-state index contributed by atoms with van der Waals surface area (Å²) in [6, 6.07) is 8.00. The zero-order chi connectivity index (χ0) is 39.9. The standard InChI is InChI=1S/C20H21ClN2O6.C15H15ClFN3O3S2.CH4/c1-6-9-28-18(26)20(3,4)29-17(25)14-11-13(7-8-15(14)21)23-16(24)10-12(2)22(5)19(23)27;1-23-13(21)8-24-12-7-11(10(17)6-9(12)16)18-14-19-4-2-3-5-20(19)15(22)25-14;/h6-8,10-11H,1,9H2,2-5H3;6-7H,2-5,8H2,1H3;1H4. The van der Waals surface area contributed by atoms with E-state index >= 15 is 0 Å². The highest BCUT2D eigenvalue weighted by molar-refractivity contribution is 8.00. The van der Waals surface area contributed by atoms with Crippen molar-refractivity contribution in [1.29, 1.82) is 0 Å². The number of aryl methyl sites for hydroxylation is 1. The molecule has 0 N–H and O–H groups in total. The van der Waals surface area contributed by atoms with Gasteiger partial charge in [0.25, 0.3) is 5.56 Å². The molecule has 4 aromatic rings. The van der Waals surface area contributed by atoms with Crippen molar-refractivity contribution in [3.63, 3.8) is 0 Å². The minimum Gasteiger partial charge on any atom is -0.468 e. The smallest absolute Gasteiger partial charge is 0.350 e. The Balaban J connectivity index is 0.000000293. The molecule has 2 aromatic heterocycles. The van der Waals surface area contributed by atoms with Gasteiger partial charge in [-0.1, -0.05) is 43.3 Å². The van der Waals surface area contributed by atoms with E-state index in [2.05, 4.69) is 16.3 Å². The van der Waals surface area contributed by atoms with E-state index in [-0.39, 0.29) is 51.6 Å². The van der Waals surface area contributed by atoms with Gasteiger partial charge in [-0.2, -0.15) is 0 Å². The highest BCUT2D eigenvalue weighted by Gasteiger charge is 2.35. The van der Waals surface area contributed by atoms with Crippen LogP contribution < -0.4 is 20.9 Å². The fourth-order valence-electron chi connectivity index (χ4n) is 4.85. The number of fused-ring (bicyclic) bond motifs is 1. The Morgan fingerprint density at radius 3 is 2.38 bits per heavy atom. The highest BCUT2D eigenvalue weighted by Crippen LogP contribution is 2.33. The lowest BCUT2D eigenvalue weighted by Crippen LogP contribution is -2.39. The summed E-state index contributed by atoms with van der Waals surface area (Å²) in [4.78, 5) is 78.0. The monoisotopic (exact) mass is 839 g/mol. The Labute approximate surface area is 333 Å². The van der Waals surface area contributed by atoms with Gasteiger partial charge < -0.3 is 18.8 Å². The molecule has 0 radical (unpaired) electrons. The van der Waals surface area contributed by atoms with Gasteiger partial charge in [0, 0.05) is 36.8 Å². The SMILES string of the molecule is C.C=CCOC(=O)C(C)(C)OC(=O)c1cc(-n2c(=O)cc(C)n(C)c2=O)ccc1Cl.COC(=O)CSc1cc(N=c2sc(=O)n3n2CCCC3)c(F)cc1Cl. The lowest BCUT2D eigenvalue weighted by atomic mass is 10.1. The van der Waals surface area contributed by atoms with E-state index in [1.807, 2.05) is 0 Å². The second-order valence-corrected chi connectivity index (χ2v) is 14.8. The summed E-state index contributed by atoms with van der Waals surface area (Å²) in [5, 5.41) is 0.232. The molecule has 1 aliphatic rings. The summed E-state index contributed by atoms with van der Waals surface area (Å²) in [5.41, 5.74) is -2.12. The Bertz CT molecular complexity index is 2360. The van der Waals surface area contributed by atoms with Crippen molar-refractivity contribution in [1.82, 2.24) is 18.5 Å². The number of hydrogen-bond acceptors (Lipinski definition) is 12. The number of ether oxygens (including phenoxy) is 3. The summed E-state index contributed by atoms with van der Waals surface area (Å²) >= 11 is 14.3. The molecule has 55 heavy (non-hydrogen) atoms. The van der Waals surface area contributed by atoms with Crippen molar-refractivity contribution in [2.45, 2.75) is 64.6 Å². The lowest BCUT2D eigenvalue weighted by molar-refractivity contribution is -0.161. The van der Waals surface area contributed by atoms with Crippen molar-refractivity contribution in [3.8, 4) is 5.69 Å². The molecule has 0 fully saturated rings. The lowest BCUT2D eigenvalue weighted by Gasteiger charge is -2.23. The predicted molar refractivity (Wildman–Crippen MR) is 210 cm³/mol. The number of carbonyl (C=O) groups excluding carboxylic acids is 3. The molecule has 19 heteroatoms. The number of carbonyl (C=O) groups is 3. The first kappa shape index (κ1) is 44.7. The third kappa shape index (κ3) is 10.7. The molecule has 0 saturated carbocycles. The Morgan fingerprint density at radius 2 is 1.73 bits per heavy atom. The van der Waals surface area contributed by atoms with Gasteiger partial charge in [-0.25, -0.2) is 33.0 Å². The number of rotatable bonds is 10. The number of halogens is 3. The van der Waals surface area contributed by atoms with Gasteiger partial charge >= 0.3 is 28.5 Å². The summed E-state index contributed by atoms with van der Waals surface area (Å²) < 4.78 is 34.6. The zero-order valence-electron chi connectivity index (χ0n) is 29.9. The van der Waals surface area contributed by atoms with Gasteiger partial charge in [0.2, 0.25) is 10.4 Å². The number of methoxy groups -OCH3 is 1. The number of hydrogen-bond donors (Lipinski definition) is 0. The molecule has 0 amide bonds. The molecular formula is C36H40Cl2FN5O9S2. The van der Waals surface area contributed by atoms with Gasteiger partial charge in [0.1, 0.15) is 18.1 Å². The second-order valence-electron chi connectivity index (χ2n) is 12.1. The molecule has 14 nitrogen and oxygen atoms in total. The van der Waals surface area contributed by atoms with Gasteiger partial charge in [0.05, 0.1) is 34.2 Å². The normalized spacial score (nSPS) is 12.4. The molecule has 0 unspecified atom stereocenters. The zero-order valence-corrected chi connectivity index (χ0v) is 33.0. The largest absolute Gasteiger partial charge is 0.468 e. The van der Waals surface area contributed by atoms with Crippen LogP contribution in [0.25, 0.3) is 5.69 Å². The minimum absolute atomic E-state index is 0. The van der Waals surface area contributed by atoms with Crippen LogP contribution >= 0.6 is 46.3 Å². The summed E-state index contributed by atoms with van der Waals surface area (Å²) in [6.45, 7) is 9.10. The van der Waals surface area contributed by atoms with Gasteiger partial charge in [-0.15, -0.1) is 11.8 Å². The van der Waals surface area contributed by atoms with Crippen LogP contribution in [0.2, 0.25) is 10.0 Å². The van der Waals surface area contributed by atoms with Crippen LogP contribution in [0.15, 0.2) is 73.3 Å². The molecular weight excluding hydrogens is 800 g/mol. The average Bonchev–Trinajstić information content (AvgIpc) is 3.45. The summed E-state index contributed by atoms with van der Waals surface area (Å²) in [6.07, 6.45) is 3.28. The fourth-order valence-corrected chi connectivity index (χ4v) is 7.03. The molecule has 0 bridgehead atoms. The van der Waals surface area contributed by atoms with E-state index in [1.54, 1.807) is 16.3 Å². The predicted octanol–water partition coefficient (Wildman–Crippen LogP) is 5.59. The molecule has 2 aromatic carbocycles. The van der Waals surface area contributed by atoms with Crippen LogP contribution in [0.5, 0.6) is 0 Å². The van der Waals surface area contributed by atoms with Crippen LogP contribution in [-0.4, -0.2) is 61.5 Å². The van der Waals surface area contributed by atoms with Crippen molar-refractivity contribution >= 4 is 69.9 Å². The maximum Gasteiger partial charge on any atom is 0.350 e. The van der Waals surface area contributed by atoms with Crippen LogP contribution in [0, 0.1) is 12.7 Å². The second kappa shape index (κ2) is 19.2. The third-order valence-electron chi connectivity index (χ3n) is 7.84. The maximum absolute atomic E-state index is 14.3. The van der Waals surface area contributed by atoms with E-state index in [0.717, 1.165) is 46.6 Å². The highest BCUT2D eigenvalue weighted by atomic mass is 35.5. The summed E-state index contributed by atoms with van der Waals surface area (Å²) in [7, 11) is 2.82.